The second-order valence-electron chi connectivity index (χ2n) is 7.38. The van der Waals surface area contributed by atoms with E-state index in [1.165, 1.54) is 11.8 Å². The molecule has 3 aromatic rings. The molecule has 0 saturated carbocycles. The molecule has 156 valence electrons. The summed E-state index contributed by atoms with van der Waals surface area (Å²) < 4.78 is 0. The Balaban J connectivity index is 1.39. The predicted molar refractivity (Wildman–Crippen MR) is 118 cm³/mol. The second kappa shape index (κ2) is 8.39. The zero-order chi connectivity index (χ0) is 22.0. The monoisotopic (exact) mass is 415 g/mol. The van der Waals surface area contributed by atoms with E-state index in [0.29, 0.717) is 34.3 Å². The molecule has 7 nitrogen and oxygen atoms in total. The van der Waals surface area contributed by atoms with E-state index in [9.17, 15) is 19.2 Å². The predicted octanol–water partition coefficient (Wildman–Crippen LogP) is 3.81. The number of benzene rings is 3. The van der Waals surface area contributed by atoms with Gasteiger partial charge in [0.25, 0.3) is 11.8 Å². The summed E-state index contributed by atoms with van der Waals surface area (Å²) in [5.74, 6) is -1.11. The number of amides is 4. The summed E-state index contributed by atoms with van der Waals surface area (Å²) in [6, 6.07) is 17.6. The zero-order valence-corrected chi connectivity index (χ0v) is 17.0. The lowest BCUT2D eigenvalue weighted by atomic mass is 9.94. The molecule has 1 heterocycles. The van der Waals surface area contributed by atoms with Crippen LogP contribution < -0.4 is 10.6 Å². The lowest BCUT2D eigenvalue weighted by Gasteiger charge is -2.27. The van der Waals surface area contributed by atoms with Crippen LogP contribution in [0, 0.1) is 0 Å². The molecule has 3 aromatic carbocycles. The van der Waals surface area contributed by atoms with Gasteiger partial charge in [0.05, 0.1) is 0 Å². The molecule has 0 saturated heterocycles. The third-order valence-electron chi connectivity index (χ3n) is 5.11. The Morgan fingerprint density at radius 1 is 0.839 bits per heavy atom. The van der Waals surface area contributed by atoms with Gasteiger partial charge < -0.3 is 10.6 Å². The molecule has 0 unspecified atom stereocenters. The molecular weight excluding hydrogens is 394 g/mol. The minimum atomic E-state index is -0.335. The standard InChI is InChI=1S/C24H21N3O4/c1-15(28)25-17-8-4-9-18(14-17)26-21(29)12-5-13-27-23(30)19-10-2-6-16-7-3-11-20(22(16)19)24(27)31/h2-4,6-11,14H,5,12-13H2,1H3,(H,25,28)(H,26,29). The lowest BCUT2D eigenvalue weighted by Crippen LogP contribution is -2.41. The fourth-order valence-electron chi connectivity index (χ4n) is 3.78. The topological polar surface area (TPSA) is 95.6 Å². The van der Waals surface area contributed by atoms with E-state index in [-0.39, 0.29) is 36.6 Å². The molecule has 7 heteroatoms. The van der Waals surface area contributed by atoms with Gasteiger partial charge in [-0.25, -0.2) is 0 Å². The van der Waals surface area contributed by atoms with Gasteiger partial charge in [-0.15, -0.1) is 0 Å². The van der Waals surface area contributed by atoms with Gasteiger partial charge in [0, 0.05) is 47.8 Å². The van der Waals surface area contributed by atoms with Crippen LogP contribution in [0.3, 0.4) is 0 Å². The Bertz CT molecular complexity index is 1170. The number of anilines is 2. The summed E-state index contributed by atoms with van der Waals surface area (Å²) in [7, 11) is 0. The quantitative estimate of drug-likeness (QED) is 0.599. The van der Waals surface area contributed by atoms with Crippen molar-refractivity contribution in [3.05, 3.63) is 71.8 Å². The van der Waals surface area contributed by atoms with Crippen molar-refractivity contribution in [2.45, 2.75) is 19.8 Å². The van der Waals surface area contributed by atoms with Gasteiger partial charge in [-0.3, -0.25) is 24.1 Å². The molecule has 0 aliphatic carbocycles. The van der Waals surface area contributed by atoms with E-state index in [0.717, 1.165) is 5.39 Å². The van der Waals surface area contributed by atoms with Gasteiger partial charge in [-0.1, -0.05) is 30.3 Å². The highest BCUT2D eigenvalue weighted by atomic mass is 16.2. The fourth-order valence-corrected chi connectivity index (χ4v) is 3.78. The normalized spacial score (nSPS) is 12.7. The molecule has 2 N–H and O–H groups in total. The van der Waals surface area contributed by atoms with Gasteiger partial charge in [0.1, 0.15) is 0 Å². The average molecular weight is 415 g/mol. The van der Waals surface area contributed by atoms with Crippen molar-refractivity contribution >= 4 is 45.8 Å². The molecule has 4 amide bonds. The van der Waals surface area contributed by atoms with Crippen molar-refractivity contribution in [3.63, 3.8) is 0 Å². The summed E-state index contributed by atoms with van der Waals surface area (Å²) >= 11 is 0. The molecule has 1 aliphatic rings. The van der Waals surface area contributed by atoms with E-state index in [1.807, 2.05) is 12.1 Å². The minimum absolute atomic E-state index is 0.146. The number of imide groups is 1. The van der Waals surface area contributed by atoms with Crippen molar-refractivity contribution in [1.29, 1.82) is 0 Å². The highest BCUT2D eigenvalue weighted by Gasteiger charge is 2.32. The Kier molecular flexibility index (Phi) is 5.49. The number of carbonyl (C=O) groups excluding carboxylic acids is 4. The molecule has 0 fully saturated rings. The van der Waals surface area contributed by atoms with Crippen LogP contribution >= 0.6 is 0 Å². The zero-order valence-electron chi connectivity index (χ0n) is 17.0. The summed E-state index contributed by atoms with van der Waals surface area (Å²) in [5, 5.41) is 6.97. The van der Waals surface area contributed by atoms with Crippen LogP contribution in [-0.4, -0.2) is 35.1 Å². The number of hydrogen-bond donors (Lipinski definition) is 2. The minimum Gasteiger partial charge on any atom is -0.326 e. The number of rotatable bonds is 6. The molecule has 0 radical (unpaired) electrons. The van der Waals surface area contributed by atoms with Gasteiger partial charge in [0.2, 0.25) is 11.8 Å². The van der Waals surface area contributed by atoms with Crippen LogP contribution in [0.2, 0.25) is 0 Å². The van der Waals surface area contributed by atoms with Gasteiger partial charge in [0.15, 0.2) is 0 Å². The van der Waals surface area contributed by atoms with Gasteiger partial charge in [-0.2, -0.15) is 0 Å². The third-order valence-corrected chi connectivity index (χ3v) is 5.11. The van der Waals surface area contributed by atoms with E-state index in [4.69, 9.17) is 0 Å². The largest absolute Gasteiger partial charge is 0.326 e. The maximum absolute atomic E-state index is 12.9. The highest BCUT2D eigenvalue weighted by molar-refractivity contribution is 6.25. The number of nitrogens with zero attached hydrogens (tertiary/aromatic N) is 1. The van der Waals surface area contributed by atoms with Crippen molar-refractivity contribution in [2.24, 2.45) is 0 Å². The van der Waals surface area contributed by atoms with Crippen molar-refractivity contribution in [2.75, 3.05) is 17.2 Å². The van der Waals surface area contributed by atoms with Crippen LogP contribution in [0.15, 0.2) is 60.7 Å². The van der Waals surface area contributed by atoms with Crippen molar-refractivity contribution in [1.82, 2.24) is 4.90 Å². The second-order valence-corrected chi connectivity index (χ2v) is 7.38. The Labute approximate surface area is 179 Å². The van der Waals surface area contributed by atoms with Crippen LogP contribution in [0.25, 0.3) is 10.8 Å². The summed E-state index contributed by atoms with van der Waals surface area (Å²) in [6.45, 7) is 1.56. The molecule has 31 heavy (non-hydrogen) atoms. The maximum atomic E-state index is 12.9. The first-order valence-corrected chi connectivity index (χ1v) is 9.99. The number of carbonyl (C=O) groups is 4. The van der Waals surface area contributed by atoms with E-state index < -0.39 is 0 Å². The highest BCUT2D eigenvalue weighted by Crippen LogP contribution is 2.30. The lowest BCUT2D eigenvalue weighted by molar-refractivity contribution is -0.116. The molecule has 4 rings (SSSR count). The first-order chi connectivity index (χ1) is 14.9. The van der Waals surface area contributed by atoms with Gasteiger partial charge >= 0.3 is 0 Å². The van der Waals surface area contributed by atoms with Crippen LogP contribution in [0.5, 0.6) is 0 Å². The van der Waals surface area contributed by atoms with Crippen LogP contribution in [0.1, 0.15) is 40.5 Å². The van der Waals surface area contributed by atoms with Crippen molar-refractivity contribution < 1.29 is 19.2 Å². The smallest absolute Gasteiger partial charge is 0.261 e. The maximum Gasteiger partial charge on any atom is 0.261 e. The Morgan fingerprint density at radius 2 is 1.42 bits per heavy atom. The SMILES string of the molecule is CC(=O)Nc1cccc(NC(=O)CCCN2C(=O)c3cccc4cccc(c34)C2=O)c1. The molecule has 1 aliphatic heterocycles. The summed E-state index contributed by atoms with van der Waals surface area (Å²) in [6.07, 6.45) is 0.486. The Morgan fingerprint density at radius 3 is 2.03 bits per heavy atom. The summed E-state index contributed by atoms with van der Waals surface area (Å²) in [5.41, 5.74) is 2.16. The fraction of sp³-hybridized carbons (Fsp3) is 0.167. The third kappa shape index (κ3) is 4.16. The van der Waals surface area contributed by atoms with Crippen LogP contribution in [-0.2, 0) is 9.59 Å². The number of hydrogen-bond acceptors (Lipinski definition) is 4. The molecule has 0 aromatic heterocycles. The van der Waals surface area contributed by atoms with E-state index in [2.05, 4.69) is 10.6 Å². The molecule has 0 bridgehead atoms. The molecule has 0 atom stereocenters. The molecular formula is C24H21N3O4. The average Bonchev–Trinajstić information content (AvgIpc) is 2.74. The first-order valence-electron chi connectivity index (χ1n) is 9.99. The van der Waals surface area contributed by atoms with Crippen LogP contribution in [0.4, 0.5) is 11.4 Å². The first kappa shape index (κ1) is 20.3. The summed E-state index contributed by atoms with van der Waals surface area (Å²) in [4.78, 5) is 50.4. The van der Waals surface area contributed by atoms with E-state index >= 15 is 0 Å². The number of nitrogens with one attached hydrogen (secondary N) is 2. The van der Waals surface area contributed by atoms with Gasteiger partial charge in [-0.05, 0) is 42.1 Å². The Hall–Kier alpha value is -4.00. The van der Waals surface area contributed by atoms with Crippen molar-refractivity contribution in [3.8, 4) is 0 Å². The molecule has 0 spiro atoms. The van der Waals surface area contributed by atoms with E-state index in [1.54, 1.807) is 48.5 Å².